The van der Waals surface area contributed by atoms with Gasteiger partial charge in [-0.25, -0.2) is 4.98 Å². The molecule has 5 heterocycles. The van der Waals surface area contributed by atoms with Gasteiger partial charge in [0, 0.05) is 43.3 Å². The van der Waals surface area contributed by atoms with Gasteiger partial charge in [-0.3, -0.25) is 4.79 Å². The van der Waals surface area contributed by atoms with E-state index in [1.54, 1.807) is 7.11 Å². The number of nitrogens with one attached hydrogen (secondary N) is 4. The van der Waals surface area contributed by atoms with Crippen LogP contribution in [0, 0.1) is 23.2 Å². The number of H-pyrrole nitrogens is 1. The van der Waals surface area contributed by atoms with Crippen molar-refractivity contribution in [1.82, 2.24) is 30.8 Å². The van der Waals surface area contributed by atoms with E-state index in [9.17, 15) is 4.79 Å². The fraction of sp³-hybridized carbons (Fsp3) is 0.538. The maximum absolute atomic E-state index is 13.9. The van der Waals surface area contributed by atoms with E-state index in [1.165, 1.54) is 28.0 Å². The maximum atomic E-state index is 13.9. The van der Waals surface area contributed by atoms with Crippen molar-refractivity contribution < 1.29 is 14.3 Å². The van der Waals surface area contributed by atoms with Gasteiger partial charge in [0.1, 0.15) is 24.4 Å². The standard InChI is InChI=1S/C39H48N6O3/c1-21(2)39(11-12-39)38(46)45-22(3)5-10-33(45)37-42-30-9-7-24-15-29-27-8-6-25(14-26(27)20-48-34(29)16-28(24)35(30)44-37)32-18-41-36(43-32)31-13-23(17-40-31)19-47-4/h6-9,14-15,18,21-23,28,31,33,37,40,42,44H,5,10-13,16-17,19-20H2,1-4H3,(H,41,43)/t22-,23-,28?,31-,33-,37?/m0/s1. The van der Waals surface area contributed by atoms with Gasteiger partial charge in [-0.15, -0.1) is 0 Å². The second-order valence-electron chi connectivity index (χ2n) is 15.5. The van der Waals surface area contributed by atoms with Crippen molar-refractivity contribution in [2.45, 2.75) is 90.2 Å². The molecular formula is C39H48N6O3. The van der Waals surface area contributed by atoms with Crippen LogP contribution >= 0.6 is 0 Å². The first-order valence-corrected chi connectivity index (χ1v) is 18.1. The highest BCUT2D eigenvalue weighted by Gasteiger charge is 2.57. The first-order chi connectivity index (χ1) is 23.3. The van der Waals surface area contributed by atoms with Crippen LogP contribution in [-0.2, 0) is 20.9 Å². The van der Waals surface area contributed by atoms with Crippen molar-refractivity contribution in [1.29, 1.82) is 0 Å². The summed E-state index contributed by atoms with van der Waals surface area (Å²) in [5.41, 5.74) is 9.36. The van der Waals surface area contributed by atoms with Crippen molar-refractivity contribution in [3.05, 3.63) is 82.3 Å². The monoisotopic (exact) mass is 648 g/mol. The number of hydrogen-bond acceptors (Lipinski definition) is 7. The summed E-state index contributed by atoms with van der Waals surface area (Å²) in [4.78, 5) is 24.5. The summed E-state index contributed by atoms with van der Waals surface area (Å²) < 4.78 is 11.9. The minimum Gasteiger partial charge on any atom is -0.493 e. The SMILES string of the molecule is COC[C@@H]1CN[C@H](c2ncc(-c3ccc4c(c3)COC3=C4C=C4C=CC5=C(NC([C@@H]6CC[C@H](C)N6C(=O)C6(C(C)C)CC6)N5)C4C3)[nH]2)C1. The fourth-order valence-electron chi connectivity index (χ4n) is 9.36. The van der Waals surface area contributed by atoms with E-state index in [2.05, 4.69) is 83.0 Å². The topological polar surface area (TPSA) is 104 Å². The summed E-state index contributed by atoms with van der Waals surface area (Å²) in [6.45, 7) is 8.95. The number of likely N-dealkylation sites (tertiary alicyclic amines) is 1. The van der Waals surface area contributed by atoms with Crippen LogP contribution < -0.4 is 16.0 Å². The number of nitrogens with zero attached hydrogens (tertiary/aromatic N) is 2. The highest BCUT2D eigenvalue weighted by molar-refractivity contribution is 5.87. The average Bonchev–Trinajstić information content (AvgIpc) is 3.49. The van der Waals surface area contributed by atoms with E-state index < -0.39 is 0 Å². The van der Waals surface area contributed by atoms with Crippen LogP contribution in [0.5, 0.6) is 0 Å². The third kappa shape index (κ3) is 4.79. The number of methoxy groups -OCH3 is 1. The molecule has 4 aliphatic heterocycles. The number of rotatable bonds is 7. The Morgan fingerprint density at radius 1 is 1.19 bits per heavy atom. The van der Waals surface area contributed by atoms with Crippen molar-refractivity contribution >= 4 is 11.5 Å². The molecule has 3 fully saturated rings. The van der Waals surface area contributed by atoms with Crippen LogP contribution in [0.2, 0.25) is 0 Å². The van der Waals surface area contributed by atoms with E-state index in [1.807, 2.05) is 6.20 Å². The zero-order chi connectivity index (χ0) is 32.7. The van der Waals surface area contributed by atoms with Crippen molar-refractivity contribution in [2.75, 3.05) is 20.3 Å². The lowest BCUT2D eigenvalue weighted by Crippen LogP contribution is -2.55. The number of ether oxygens (including phenoxy) is 2. The van der Waals surface area contributed by atoms with Crippen molar-refractivity contribution in [3.63, 3.8) is 0 Å². The summed E-state index contributed by atoms with van der Waals surface area (Å²) in [7, 11) is 1.77. The largest absolute Gasteiger partial charge is 0.493 e. The summed E-state index contributed by atoms with van der Waals surface area (Å²) in [6, 6.07) is 7.37. The molecule has 9 nitrogen and oxygen atoms in total. The molecule has 1 saturated carbocycles. The van der Waals surface area contributed by atoms with Crippen LogP contribution in [0.1, 0.15) is 82.3 Å². The zero-order valence-electron chi connectivity index (χ0n) is 28.6. The van der Waals surface area contributed by atoms with Gasteiger partial charge in [0.25, 0.3) is 0 Å². The molecule has 0 spiro atoms. The molecule has 1 amide bonds. The number of aromatic amines is 1. The maximum Gasteiger partial charge on any atom is 0.229 e. The molecule has 2 aromatic rings. The minimum atomic E-state index is -0.150. The normalized spacial score (nSPS) is 31.1. The van der Waals surface area contributed by atoms with Crippen LogP contribution in [-0.4, -0.2) is 59.3 Å². The first kappa shape index (κ1) is 30.3. The Morgan fingerprint density at radius 2 is 2.06 bits per heavy atom. The van der Waals surface area contributed by atoms with Crippen molar-refractivity contribution in [3.8, 4) is 11.3 Å². The van der Waals surface area contributed by atoms with E-state index in [-0.39, 0.29) is 35.6 Å². The summed E-state index contributed by atoms with van der Waals surface area (Å²) in [5.74, 6) is 3.55. The third-order valence-electron chi connectivity index (χ3n) is 12.4. The number of imidazole rings is 1. The lowest BCUT2D eigenvalue weighted by molar-refractivity contribution is -0.142. The second kappa shape index (κ2) is 11.4. The van der Waals surface area contributed by atoms with E-state index in [4.69, 9.17) is 14.5 Å². The number of fused-ring (bicyclic) bond motifs is 4. The highest BCUT2D eigenvalue weighted by atomic mass is 16.5. The molecule has 48 heavy (non-hydrogen) atoms. The van der Waals surface area contributed by atoms with E-state index in [0.717, 1.165) is 80.2 Å². The molecule has 1 aromatic heterocycles. The molecule has 7 aliphatic rings. The summed E-state index contributed by atoms with van der Waals surface area (Å²) >= 11 is 0. The average molecular weight is 649 g/mol. The summed E-state index contributed by atoms with van der Waals surface area (Å²) in [6.07, 6.45) is 14.8. The molecule has 4 N–H and O–H groups in total. The van der Waals surface area contributed by atoms with Gasteiger partial charge in [-0.05, 0) is 91.3 Å². The molecule has 9 rings (SSSR count). The number of carbonyl (C=O) groups is 1. The Bertz CT molecular complexity index is 1780. The van der Waals surface area contributed by atoms with Gasteiger partial charge in [-0.1, -0.05) is 32.1 Å². The van der Waals surface area contributed by atoms with Gasteiger partial charge < -0.3 is 35.3 Å². The fourth-order valence-corrected chi connectivity index (χ4v) is 9.36. The summed E-state index contributed by atoms with van der Waals surface area (Å²) in [5, 5.41) is 11.3. The predicted octanol–water partition coefficient (Wildman–Crippen LogP) is 5.68. The molecule has 3 aliphatic carbocycles. The Kier molecular flexibility index (Phi) is 7.17. The van der Waals surface area contributed by atoms with Gasteiger partial charge in [0.15, 0.2) is 0 Å². The van der Waals surface area contributed by atoms with Gasteiger partial charge in [0.2, 0.25) is 5.91 Å². The molecule has 0 radical (unpaired) electrons. The molecule has 1 aromatic carbocycles. The number of benzene rings is 1. The van der Waals surface area contributed by atoms with Crippen LogP contribution in [0.3, 0.4) is 0 Å². The Balaban J connectivity index is 0.910. The zero-order valence-corrected chi connectivity index (χ0v) is 28.6. The number of aromatic nitrogens is 2. The van der Waals surface area contributed by atoms with Crippen molar-refractivity contribution in [2.24, 2.45) is 23.2 Å². The highest BCUT2D eigenvalue weighted by Crippen LogP contribution is 2.55. The van der Waals surface area contributed by atoms with E-state index >= 15 is 0 Å². The van der Waals surface area contributed by atoms with Crippen LogP contribution in [0.15, 0.2) is 65.4 Å². The molecular weight excluding hydrogens is 600 g/mol. The molecule has 0 bridgehead atoms. The van der Waals surface area contributed by atoms with Gasteiger partial charge in [0.05, 0.1) is 41.7 Å². The van der Waals surface area contributed by atoms with E-state index in [0.29, 0.717) is 24.3 Å². The third-order valence-corrected chi connectivity index (χ3v) is 12.4. The Morgan fingerprint density at radius 3 is 2.88 bits per heavy atom. The second-order valence-corrected chi connectivity index (χ2v) is 15.5. The molecule has 2 saturated heterocycles. The van der Waals surface area contributed by atoms with Crippen LogP contribution in [0.4, 0.5) is 0 Å². The first-order valence-electron chi connectivity index (χ1n) is 18.1. The molecule has 9 heteroatoms. The number of allylic oxidation sites excluding steroid dienone is 6. The molecule has 6 atom stereocenters. The lowest BCUT2D eigenvalue weighted by atomic mass is 9.79. The Hall–Kier alpha value is -3.82. The minimum absolute atomic E-state index is 0.0249. The number of amides is 1. The predicted molar refractivity (Wildman–Crippen MR) is 185 cm³/mol. The molecule has 2 unspecified atom stereocenters. The van der Waals surface area contributed by atoms with Crippen LogP contribution in [0.25, 0.3) is 16.8 Å². The molecule has 252 valence electrons. The number of hydrogen-bond donors (Lipinski definition) is 4. The Labute approximate surface area is 283 Å². The quantitative estimate of drug-likeness (QED) is 0.307. The van der Waals surface area contributed by atoms with Gasteiger partial charge in [-0.2, -0.15) is 0 Å². The smallest absolute Gasteiger partial charge is 0.229 e. The lowest BCUT2D eigenvalue weighted by Gasteiger charge is -2.37. The van der Waals surface area contributed by atoms with Gasteiger partial charge >= 0.3 is 0 Å². The number of carbonyl (C=O) groups excluding carboxylic acids is 1.